The molecule has 0 saturated heterocycles. The van der Waals surface area contributed by atoms with Gasteiger partial charge < -0.3 is 4.90 Å². The third-order valence-corrected chi connectivity index (χ3v) is 6.70. The Morgan fingerprint density at radius 3 is 2.67 bits per heavy atom. The highest BCUT2D eigenvalue weighted by Crippen LogP contribution is 2.39. The van der Waals surface area contributed by atoms with Gasteiger partial charge in [0.1, 0.15) is 5.92 Å². The van der Waals surface area contributed by atoms with Crippen molar-refractivity contribution in [3.63, 3.8) is 0 Å². The number of halogens is 2. The van der Waals surface area contributed by atoms with Crippen molar-refractivity contribution in [3.8, 4) is 0 Å². The lowest BCUT2D eigenvalue weighted by Gasteiger charge is -2.37. The van der Waals surface area contributed by atoms with E-state index in [2.05, 4.69) is 22.2 Å². The molecule has 1 amide bonds. The molecule has 0 N–H and O–H groups in total. The predicted octanol–water partition coefficient (Wildman–Crippen LogP) is 5.09. The Morgan fingerprint density at radius 1 is 1.07 bits per heavy atom. The van der Waals surface area contributed by atoms with Gasteiger partial charge >= 0.3 is 0 Å². The highest BCUT2D eigenvalue weighted by atomic mass is 35.5. The van der Waals surface area contributed by atoms with Crippen LogP contribution in [0.25, 0.3) is 0 Å². The van der Waals surface area contributed by atoms with E-state index in [-0.39, 0.29) is 11.9 Å². The second kappa shape index (κ2) is 7.56. The molecule has 3 heterocycles. The van der Waals surface area contributed by atoms with Gasteiger partial charge in [-0.3, -0.25) is 4.79 Å². The summed E-state index contributed by atoms with van der Waals surface area (Å²) in [4.78, 5) is 20.4. The quantitative estimate of drug-likeness (QED) is 0.559. The van der Waals surface area contributed by atoms with E-state index in [1.165, 1.54) is 11.1 Å². The van der Waals surface area contributed by atoms with E-state index < -0.39 is 5.92 Å². The first-order valence-corrected chi connectivity index (χ1v) is 10.7. The molecule has 152 valence electrons. The zero-order valence-corrected chi connectivity index (χ0v) is 17.9. The van der Waals surface area contributed by atoms with E-state index in [4.69, 9.17) is 23.2 Å². The van der Waals surface area contributed by atoms with Gasteiger partial charge in [0.15, 0.2) is 5.82 Å². The number of benzene rings is 2. The number of aliphatic imine (C=N–C) groups is 1. The number of nitrogens with zero attached hydrogens (tertiary/aromatic N) is 4. The monoisotopic (exact) mass is 438 g/mol. The zero-order valence-electron chi connectivity index (χ0n) is 16.4. The molecule has 1 aromatic heterocycles. The minimum atomic E-state index is -0.458. The summed E-state index contributed by atoms with van der Waals surface area (Å²) in [6.07, 6.45) is 2.57. The van der Waals surface area contributed by atoms with Gasteiger partial charge in [-0.1, -0.05) is 53.5 Å². The van der Waals surface area contributed by atoms with Crippen molar-refractivity contribution in [1.29, 1.82) is 0 Å². The molecule has 30 heavy (non-hydrogen) atoms. The Kier molecular flexibility index (Phi) is 4.88. The summed E-state index contributed by atoms with van der Waals surface area (Å²) in [7, 11) is 0. The van der Waals surface area contributed by atoms with Crippen LogP contribution in [0.1, 0.15) is 29.7 Å². The predicted molar refractivity (Wildman–Crippen MR) is 119 cm³/mol. The minimum absolute atomic E-state index is 0.0583. The van der Waals surface area contributed by atoms with Crippen LogP contribution in [-0.4, -0.2) is 32.8 Å². The van der Waals surface area contributed by atoms with E-state index >= 15 is 0 Å². The van der Waals surface area contributed by atoms with Crippen LogP contribution in [0.4, 0.5) is 5.82 Å². The SMILES string of the molecule is CC1=Nc2ccnn2C(c2ccc(Cl)c(Cl)c2)C1C(=O)N1CCc2ccccc2C1. The molecule has 2 aliphatic heterocycles. The first kappa shape index (κ1) is 19.3. The van der Waals surface area contributed by atoms with E-state index in [0.717, 1.165) is 23.5 Å². The van der Waals surface area contributed by atoms with Crippen molar-refractivity contribution in [3.05, 3.63) is 81.5 Å². The van der Waals surface area contributed by atoms with Crippen LogP contribution in [0.5, 0.6) is 0 Å². The van der Waals surface area contributed by atoms with Crippen molar-refractivity contribution in [1.82, 2.24) is 14.7 Å². The minimum Gasteiger partial charge on any atom is -0.337 e. The molecule has 0 spiro atoms. The normalized spacial score (nSPS) is 20.4. The lowest BCUT2D eigenvalue weighted by atomic mass is 9.86. The van der Waals surface area contributed by atoms with Crippen molar-refractivity contribution < 1.29 is 4.79 Å². The van der Waals surface area contributed by atoms with E-state index in [1.54, 1.807) is 12.3 Å². The number of amides is 1. The molecule has 0 saturated carbocycles. The highest BCUT2D eigenvalue weighted by Gasteiger charge is 2.40. The molecule has 2 aromatic carbocycles. The van der Waals surface area contributed by atoms with Gasteiger partial charge in [-0.05, 0) is 42.2 Å². The first-order chi connectivity index (χ1) is 14.5. The number of carbonyl (C=O) groups excluding carboxylic acids is 1. The zero-order chi connectivity index (χ0) is 20.8. The Bertz CT molecular complexity index is 1170. The molecular weight excluding hydrogens is 419 g/mol. The third kappa shape index (κ3) is 3.22. The molecular formula is C23H20Cl2N4O. The average Bonchev–Trinajstić information content (AvgIpc) is 3.22. The number of hydrogen-bond donors (Lipinski definition) is 0. The number of rotatable bonds is 2. The smallest absolute Gasteiger partial charge is 0.234 e. The van der Waals surface area contributed by atoms with Crippen molar-refractivity contribution in [2.45, 2.75) is 25.9 Å². The number of hydrogen-bond acceptors (Lipinski definition) is 3. The van der Waals surface area contributed by atoms with E-state index in [9.17, 15) is 4.79 Å². The maximum atomic E-state index is 13.8. The van der Waals surface area contributed by atoms with Crippen molar-refractivity contribution >= 4 is 40.6 Å². The van der Waals surface area contributed by atoms with Gasteiger partial charge in [-0.2, -0.15) is 5.10 Å². The molecule has 3 aromatic rings. The van der Waals surface area contributed by atoms with Crippen LogP contribution in [-0.2, 0) is 17.8 Å². The van der Waals surface area contributed by atoms with Gasteiger partial charge in [-0.15, -0.1) is 0 Å². The van der Waals surface area contributed by atoms with Crippen LogP contribution in [0, 0.1) is 5.92 Å². The molecule has 5 nitrogen and oxygen atoms in total. The van der Waals surface area contributed by atoms with Crippen molar-refractivity contribution in [2.24, 2.45) is 10.9 Å². The lowest BCUT2D eigenvalue weighted by Crippen LogP contribution is -2.46. The van der Waals surface area contributed by atoms with E-state index in [0.29, 0.717) is 23.1 Å². The Labute approximate surface area is 184 Å². The fourth-order valence-electron chi connectivity index (χ4n) is 4.45. The fourth-order valence-corrected chi connectivity index (χ4v) is 4.76. The maximum absolute atomic E-state index is 13.8. The fraction of sp³-hybridized carbons (Fsp3) is 0.261. The molecule has 0 radical (unpaired) electrons. The third-order valence-electron chi connectivity index (χ3n) is 5.96. The average molecular weight is 439 g/mol. The van der Waals surface area contributed by atoms with Gasteiger partial charge in [0, 0.05) is 24.9 Å². The van der Waals surface area contributed by atoms with Crippen LogP contribution in [0.2, 0.25) is 10.0 Å². The molecule has 5 rings (SSSR count). The summed E-state index contributed by atoms with van der Waals surface area (Å²) >= 11 is 12.5. The van der Waals surface area contributed by atoms with E-state index in [1.807, 2.05) is 46.8 Å². The molecule has 0 bridgehead atoms. The van der Waals surface area contributed by atoms with Crippen LogP contribution >= 0.6 is 23.2 Å². The molecule has 2 atom stereocenters. The lowest BCUT2D eigenvalue weighted by molar-refractivity contribution is -0.135. The van der Waals surface area contributed by atoms with Gasteiger partial charge in [0.05, 0.1) is 22.3 Å². The number of carbonyl (C=O) groups is 1. The number of fused-ring (bicyclic) bond motifs is 2. The largest absolute Gasteiger partial charge is 0.337 e. The second-order valence-electron chi connectivity index (χ2n) is 7.76. The molecule has 0 fully saturated rings. The second-order valence-corrected chi connectivity index (χ2v) is 8.58. The molecule has 2 aliphatic rings. The summed E-state index contributed by atoms with van der Waals surface area (Å²) in [5.41, 5.74) is 4.18. The van der Waals surface area contributed by atoms with Gasteiger partial charge in [0.25, 0.3) is 0 Å². The Hall–Kier alpha value is -2.63. The highest BCUT2D eigenvalue weighted by molar-refractivity contribution is 6.42. The molecule has 7 heteroatoms. The van der Waals surface area contributed by atoms with Crippen LogP contribution in [0.3, 0.4) is 0 Å². The summed E-state index contributed by atoms with van der Waals surface area (Å²) in [5.74, 6) is 0.333. The summed E-state index contributed by atoms with van der Waals surface area (Å²) in [5, 5.41) is 5.42. The van der Waals surface area contributed by atoms with Gasteiger partial charge in [-0.25, -0.2) is 9.67 Å². The topological polar surface area (TPSA) is 50.5 Å². The molecule has 0 aliphatic carbocycles. The first-order valence-electron chi connectivity index (χ1n) is 9.92. The Morgan fingerprint density at radius 2 is 1.87 bits per heavy atom. The summed E-state index contributed by atoms with van der Waals surface area (Å²) < 4.78 is 1.81. The Balaban J connectivity index is 1.55. The maximum Gasteiger partial charge on any atom is 0.234 e. The van der Waals surface area contributed by atoms with Crippen LogP contribution < -0.4 is 0 Å². The number of aromatic nitrogens is 2. The summed E-state index contributed by atoms with van der Waals surface area (Å²) in [6, 6.07) is 15.3. The van der Waals surface area contributed by atoms with Gasteiger partial charge in [0.2, 0.25) is 5.91 Å². The standard InChI is InChI=1S/C23H20Cl2N4O/c1-14-21(23(30)28-11-9-15-4-2-3-5-17(15)13-28)22(29-20(27-14)8-10-26-29)16-6-7-18(24)19(25)12-16/h2-8,10,12,21-22H,9,11,13H2,1H3. The van der Waals surface area contributed by atoms with Crippen molar-refractivity contribution in [2.75, 3.05) is 6.54 Å². The van der Waals surface area contributed by atoms with Crippen LogP contribution in [0.15, 0.2) is 59.7 Å². The summed E-state index contributed by atoms with van der Waals surface area (Å²) in [6.45, 7) is 3.22. The molecule has 2 unspecified atom stereocenters.